The van der Waals surface area contributed by atoms with E-state index in [1.165, 1.54) is 0 Å². The fourth-order valence-electron chi connectivity index (χ4n) is 3.93. The molecule has 1 N–H and O–H groups in total. The summed E-state index contributed by atoms with van der Waals surface area (Å²) in [5.74, 6) is 1.77. The van der Waals surface area contributed by atoms with Crippen LogP contribution in [0.3, 0.4) is 0 Å². The minimum absolute atomic E-state index is 0.211. The van der Waals surface area contributed by atoms with Crippen molar-refractivity contribution in [1.29, 1.82) is 0 Å². The van der Waals surface area contributed by atoms with E-state index in [2.05, 4.69) is 20.2 Å². The fraction of sp³-hybridized carbons (Fsp3) is 0.179. The zero-order chi connectivity index (χ0) is 24.7. The summed E-state index contributed by atoms with van der Waals surface area (Å²) in [4.78, 5) is 24.1. The summed E-state index contributed by atoms with van der Waals surface area (Å²) in [5.41, 5.74) is 3.05. The highest BCUT2D eigenvalue weighted by Gasteiger charge is 2.13. The zero-order valence-corrected chi connectivity index (χ0v) is 19.9. The second-order valence-corrected chi connectivity index (χ2v) is 8.15. The summed E-state index contributed by atoms with van der Waals surface area (Å²) >= 11 is 0. The highest BCUT2D eigenvalue weighted by atomic mass is 16.5. The predicted molar refractivity (Wildman–Crippen MR) is 138 cm³/mol. The summed E-state index contributed by atoms with van der Waals surface area (Å²) < 4.78 is 16.7. The van der Waals surface area contributed by atoms with Crippen molar-refractivity contribution in [2.75, 3.05) is 43.6 Å². The van der Waals surface area contributed by atoms with E-state index >= 15 is 0 Å². The quantitative estimate of drug-likeness (QED) is 0.395. The molecule has 0 saturated carbocycles. The molecule has 4 aromatic rings. The van der Waals surface area contributed by atoms with Gasteiger partial charge in [0.25, 0.3) is 5.91 Å². The number of nitrogens with one attached hydrogen (secondary N) is 1. The van der Waals surface area contributed by atoms with Gasteiger partial charge < -0.3 is 24.4 Å². The average molecular weight is 483 g/mol. The predicted octanol–water partition coefficient (Wildman–Crippen LogP) is 5.03. The maximum atomic E-state index is 12.9. The first-order chi connectivity index (χ1) is 17.7. The first kappa shape index (κ1) is 23.3. The third-order valence-corrected chi connectivity index (χ3v) is 5.80. The second-order valence-electron chi connectivity index (χ2n) is 8.15. The van der Waals surface area contributed by atoms with Gasteiger partial charge in [0.15, 0.2) is 17.3 Å². The summed E-state index contributed by atoms with van der Waals surface area (Å²) in [6.07, 6.45) is 1.62. The minimum atomic E-state index is -0.211. The lowest BCUT2D eigenvalue weighted by atomic mass is 10.1. The number of amides is 1. The van der Waals surface area contributed by atoms with Crippen LogP contribution in [0.2, 0.25) is 0 Å². The Morgan fingerprint density at radius 3 is 2.50 bits per heavy atom. The van der Waals surface area contributed by atoms with Gasteiger partial charge in [-0.2, -0.15) is 4.98 Å². The van der Waals surface area contributed by atoms with E-state index in [1.807, 2.05) is 54.6 Å². The Morgan fingerprint density at radius 1 is 0.944 bits per heavy atom. The van der Waals surface area contributed by atoms with Crippen molar-refractivity contribution in [3.05, 3.63) is 90.6 Å². The van der Waals surface area contributed by atoms with Crippen molar-refractivity contribution in [3.8, 4) is 28.8 Å². The molecule has 1 aliphatic heterocycles. The molecule has 2 heterocycles. The number of carbonyl (C=O) groups excluding carboxylic acids is 1. The van der Waals surface area contributed by atoms with Crippen molar-refractivity contribution in [3.63, 3.8) is 0 Å². The van der Waals surface area contributed by atoms with Gasteiger partial charge in [0.1, 0.15) is 0 Å². The van der Waals surface area contributed by atoms with Crippen molar-refractivity contribution >= 4 is 17.3 Å². The summed E-state index contributed by atoms with van der Waals surface area (Å²) in [5, 5.41) is 2.96. The number of para-hydroxylation sites is 2. The number of morpholine rings is 1. The van der Waals surface area contributed by atoms with Crippen LogP contribution in [0.1, 0.15) is 10.4 Å². The molecule has 1 fully saturated rings. The van der Waals surface area contributed by atoms with Gasteiger partial charge >= 0.3 is 0 Å². The van der Waals surface area contributed by atoms with Crippen molar-refractivity contribution in [1.82, 2.24) is 9.97 Å². The monoisotopic (exact) mass is 482 g/mol. The maximum Gasteiger partial charge on any atom is 0.255 e. The number of hydrogen-bond donors (Lipinski definition) is 1. The Morgan fingerprint density at radius 2 is 1.72 bits per heavy atom. The standard InChI is InChI=1S/C28H26N4O4/c1-34-24-7-2-3-8-25(24)36-26-13-14-29-27(31-26)20-5-4-6-21(19-20)28(33)30-22-9-11-23(12-10-22)32-15-17-35-18-16-32/h2-14,19H,15-18H2,1H3,(H,30,33). The van der Waals surface area contributed by atoms with E-state index in [0.717, 1.165) is 37.7 Å². The maximum absolute atomic E-state index is 12.9. The van der Waals surface area contributed by atoms with Gasteiger partial charge in [-0.15, -0.1) is 0 Å². The zero-order valence-electron chi connectivity index (χ0n) is 19.9. The van der Waals surface area contributed by atoms with Crippen molar-refractivity contribution in [2.45, 2.75) is 0 Å². The summed E-state index contributed by atoms with van der Waals surface area (Å²) in [6.45, 7) is 3.19. The van der Waals surface area contributed by atoms with Crippen LogP contribution in [0.25, 0.3) is 11.4 Å². The van der Waals surface area contributed by atoms with Crippen LogP contribution in [-0.4, -0.2) is 49.3 Å². The highest BCUT2D eigenvalue weighted by Crippen LogP contribution is 2.30. The van der Waals surface area contributed by atoms with Crippen molar-refractivity contribution in [2.24, 2.45) is 0 Å². The molecule has 0 spiro atoms. The number of nitrogens with zero attached hydrogens (tertiary/aromatic N) is 3. The molecule has 0 atom stereocenters. The molecule has 1 aromatic heterocycles. The average Bonchev–Trinajstić information content (AvgIpc) is 2.94. The lowest BCUT2D eigenvalue weighted by Gasteiger charge is -2.28. The summed E-state index contributed by atoms with van der Waals surface area (Å²) in [6, 6.07) is 24.1. The Hall–Kier alpha value is -4.43. The van der Waals surface area contributed by atoms with Gasteiger partial charge in [0, 0.05) is 47.9 Å². The van der Waals surface area contributed by atoms with E-state index in [1.54, 1.807) is 37.6 Å². The molecule has 3 aromatic carbocycles. The molecule has 0 bridgehead atoms. The third kappa shape index (κ3) is 5.45. The number of rotatable bonds is 7. The molecule has 182 valence electrons. The smallest absolute Gasteiger partial charge is 0.255 e. The van der Waals surface area contributed by atoms with Gasteiger partial charge in [-0.25, -0.2) is 4.98 Å². The Bertz CT molecular complexity index is 1340. The SMILES string of the molecule is COc1ccccc1Oc1ccnc(-c2cccc(C(=O)Nc3ccc(N4CCOCC4)cc3)c2)n1. The van der Waals surface area contributed by atoms with E-state index in [0.29, 0.717) is 34.3 Å². The van der Waals surface area contributed by atoms with Crippen LogP contribution >= 0.6 is 0 Å². The molecule has 0 aliphatic carbocycles. The number of anilines is 2. The molecule has 0 radical (unpaired) electrons. The van der Waals surface area contributed by atoms with Gasteiger partial charge in [-0.1, -0.05) is 24.3 Å². The minimum Gasteiger partial charge on any atom is -0.493 e. The number of carbonyl (C=O) groups is 1. The van der Waals surface area contributed by atoms with Crippen LogP contribution in [0, 0.1) is 0 Å². The Kier molecular flexibility index (Phi) is 7.05. The highest BCUT2D eigenvalue weighted by molar-refractivity contribution is 6.04. The van der Waals surface area contributed by atoms with E-state index in [9.17, 15) is 4.79 Å². The number of benzene rings is 3. The molecule has 8 nitrogen and oxygen atoms in total. The molecule has 8 heteroatoms. The van der Waals surface area contributed by atoms with Crippen LogP contribution in [0.5, 0.6) is 17.4 Å². The van der Waals surface area contributed by atoms with E-state index in [4.69, 9.17) is 14.2 Å². The second kappa shape index (κ2) is 10.9. The number of aromatic nitrogens is 2. The molecule has 1 aliphatic rings. The lowest BCUT2D eigenvalue weighted by molar-refractivity contribution is 0.102. The van der Waals surface area contributed by atoms with Gasteiger partial charge in [-0.3, -0.25) is 4.79 Å². The van der Waals surface area contributed by atoms with Gasteiger partial charge in [0.05, 0.1) is 20.3 Å². The molecule has 1 amide bonds. The van der Waals surface area contributed by atoms with Gasteiger partial charge in [0.2, 0.25) is 5.88 Å². The molecule has 36 heavy (non-hydrogen) atoms. The molecule has 1 saturated heterocycles. The largest absolute Gasteiger partial charge is 0.493 e. The molecular formula is C28H26N4O4. The normalized spacial score (nSPS) is 13.2. The van der Waals surface area contributed by atoms with Crippen LogP contribution in [0.4, 0.5) is 11.4 Å². The molecule has 0 unspecified atom stereocenters. The molecule has 5 rings (SSSR count). The first-order valence-electron chi connectivity index (χ1n) is 11.7. The van der Waals surface area contributed by atoms with Crippen LogP contribution in [-0.2, 0) is 4.74 Å². The van der Waals surface area contributed by atoms with E-state index < -0.39 is 0 Å². The number of methoxy groups -OCH3 is 1. The van der Waals surface area contributed by atoms with Gasteiger partial charge in [-0.05, 0) is 48.5 Å². The summed E-state index contributed by atoms with van der Waals surface area (Å²) in [7, 11) is 1.59. The fourth-order valence-corrected chi connectivity index (χ4v) is 3.93. The number of ether oxygens (including phenoxy) is 3. The topological polar surface area (TPSA) is 85.8 Å². The lowest BCUT2D eigenvalue weighted by Crippen LogP contribution is -2.36. The van der Waals surface area contributed by atoms with Crippen molar-refractivity contribution < 1.29 is 19.0 Å². The van der Waals surface area contributed by atoms with Crippen LogP contribution < -0.4 is 19.7 Å². The Balaban J connectivity index is 1.29. The van der Waals surface area contributed by atoms with E-state index in [-0.39, 0.29) is 5.91 Å². The first-order valence-corrected chi connectivity index (χ1v) is 11.7. The molecular weight excluding hydrogens is 456 g/mol. The third-order valence-electron chi connectivity index (χ3n) is 5.80. The number of hydrogen-bond acceptors (Lipinski definition) is 7. The Labute approximate surface area is 209 Å². The van der Waals surface area contributed by atoms with Crippen LogP contribution in [0.15, 0.2) is 85.1 Å².